The van der Waals surface area contributed by atoms with Crippen molar-refractivity contribution in [3.63, 3.8) is 0 Å². The van der Waals surface area contributed by atoms with Gasteiger partial charge >= 0.3 is 0 Å². The van der Waals surface area contributed by atoms with Crippen LogP contribution in [0, 0.1) is 4.64 Å². The molecule has 2 aromatic rings. The lowest BCUT2D eigenvalue weighted by Gasteiger charge is -2.16. The molecule has 108 valence electrons. The summed E-state index contributed by atoms with van der Waals surface area (Å²) < 4.78 is 21.2. The first-order chi connectivity index (χ1) is 9.52. The van der Waals surface area contributed by atoms with Crippen molar-refractivity contribution >= 4 is 29.2 Å². The minimum atomic E-state index is -1.67. The number of halogens is 1. The van der Waals surface area contributed by atoms with Crippen molar-refractivity contribution in [3.05, 3.63) is 16.9 Å². The van der Waals surface area contributed by atoms with E-state index in [9.17, 15) is 9.50 Å². The fourth-order valence-corrected chi connectivity index (χ4v) is 2.62. The third-order valence-corrected chi connectivity index (χ3v) is 3.67. The predicted molar refractivity (Wildman–Crippen MR) is 71.2 cm³/mol. The molecule has 1 fully saturated rings. The Kier molecular flexibility index (Phi) is 3.21. The Bertz CT molecular complexity index is 703. The van der Waals surface area contributed by atoms with Gasteiger partial charge in [0, 0.05) is 6.20 Å². The normalized spacial score (nSPS) is 30.1. The number of nitrogen functional groups attached to an aromatic ring is 1. The number of nitrogens with one attached hydrogen (secondary N) is 1. The number of hydrogen-bond acceptors (Lipinski definition) is 6. The molecule has 20 heavy (non-hydrogen) atoms. The zero-order valence-electron chi connectivity index (χ0n) is 10.2. The number of aromatic amines is 1. The van der Waals surface area contributed by atoms with E-state index in [1.54, 1.807) is 12.3 Å². The van der Waals surface area contributed by atoms with E-state index in [4.69, 9.17) is 27.8 Å². The molecular formula is C11H13FN4O3S. The number of aliphatic hydroxyl groups excluding tert-OH is 2. The van der Waals surface area contributed by atoms with Crippen LogP contribution in [-0.2, 0) is 4.74 Å². The van der Waals surface area contributed by atoms with Gasteiger partial charge in [-0.15, -0.1) is 0 Å². The molecule has 1 aliphatic heterocycles. The molecule has 0 radical (unpaired) electrons. The number of nitrogens with zero attached hydrogens (tertiary/aromatic N) is 2. The van der Waals surface area contributed by atoms with Crippen molar-refractivity contribution in [1.29, 1.82) is 0 Å². The van der Waals surface area contributed by atoms with Crippen LogP contribution in [0.5, 0.6) is 0 Å². The average Bonchev–Trinajstić information content (AvgIpc) is 2.93. The SMILES string of the molecule is Nc1nc(=S)c2ccn([C@@H]3O[C@H](CO)[C@@H](O)[C@@H]3F)c2[nH]1. The maximum absolute atomic E-state index is 14.1. The van der Waals surface area contributed by atoms with Crippen LogP contribution in [0.3, 0.4) is 0 Å². The van der Waals surface area contributed by atoms with Gasteiger partial charge < -0.3 is 30.2 Å². The molecule has 1 aliphatic rings. The van der Waals surface area contributed by atoms with Crippen LogP contribution in [0.1, 0.15) is 6.23 Å². The molecule has 0 spiro atoms. The van der Waals surface area contributed by atoms with E-state index in [1.165, 1.54) is 4.57 Å². The Balaban J connectivity index is 2.09. The molecule has 9 heteroatoms. The molecule has 2 aromatic heterocycles. The summed E-state index contributed by atoms with van der Waals surface area (Å²) in [6.07, 6.45) is -3.51. The highest BCUT2D eigenvalue weighted by atomic mass is 32.1. The summed E-state index contributed by atoms with van der Waals surface area (Å²) >= 11 is 5.08. The van der Waals surface area contributed by atoms with Gasteiger partial charge in [0.1, 0.15) is 22.5 Å². The molecular weight excluding hydrogens is 287 g/mol. The molecule has 5 N–H and O–H groups in total. The van der Waals surface area contributed by atoms with Gasteiger partial charge in [-0.3, -0.25) is 0 Å². The van der Waals surface area contributed by atoms with Gasteiger partial charge in [-0.05, 0) is 6.07 Å². The highest BCUT2D eigenvalue weighted by Crippen LogP contribution is 2.34. The Morgan fingerprint density at radius 1 is 1.60 bits per heavy atom. The lowest BCUT2D eigenvalue weighted by atomic mass is 10.1. The molecule has 7 nitrogen and oxygen atoms in total. The Labute approximate surface area is 117 Å². The largest absolute Gasteiger partial charge is 0.394 e. The van der Waals surface area contributed by atoms with Gasteiger partial charge in [0.15, 0.2) is 18.3 Å². The van der Waals surface area contributed by atoms with Crippen molar-refractivity contribution in [1.82, 2.24) is 14.5 Å². The zero-order chi connectivity index (χ0) is 14.4. The number of rotatable bonds is 2. The van der Waals surface area contributed by atoms with Crippen molar-refractivity contribution in [3.8, 4) is 0 Å². The second-order valence-corrected chi connectivity index (χ2v) is 4.98. The number of nitrogens with two attached hydrogens (primary N) is 1. The van der Waals surface area contributed by atoms with E-state index in [2.05, 4.69) is 9.97 Å². The first-order valence-electron chi connectivity index (χ1n) is 5.97. The topological polar surface area (TPSA) is 109 Å². The first-order valence-corrected chi connectivity index (χ1v) is 6.38. The van der Waals surface area contributed by atoms with Crippen molar-refractivity contribution in [2.75, 3.05) is 12.3 Å². The summed E-state index contributed by atoms with van der Waals surface area (Å²) in [5.41, 5.74) is 6.06. The van der Waals surface area contributed by atoms with Crippen molar-refractivity contribution in [2.24, 2.45) is 0 Å². The first kappa shape index (κ1) is 13.4. The summed E-state index contributed by atoms with van der Waals surface area (Å²) in [5.74, 6) is 0.107. The van der Waals surface area contributed by atoms with E-state index in [0.29, 0.717) is 15.7 Å². The maximum Gasteiger partial charge on any atom is 0.200 e. The zero-order valence-corrected chi connectivity index (χ0v) is 11.0. The van der Waals surface area contributed by atoms with Crippen LogP contribution in [0.2, 0.25) is 0 Å². The number of ether oxygens (including phenoxy) is 1. The fourth-order valence-electron chi connectivity index (χ4n) is 2.36. The summed E-state index contributed by atoms with van der Waals surface area (Å²) in [6, 6.07) is 1.66. The molecule has 0 unspecified atom stereocenters. The molecule has 1 saturated heterocycles. The van der Waals surface area contributed by atoms with E-state index in [0.717, 1.165) is 0 Å². The molecule has 0 amide bonds. The number of anilines is 1. The van der Waals surface area contributed by atoms with Crippen LogP contribution in [0.15, 0.2) is 12.3 Å². The summed E-state index contributed by atoms with van der Waals surface area (Å²) in [5, 5.41) is 19.3. The third kappa shape index (κ3) is 1.90. The second-order valence-electron chi connectivity index (χ2n) is 4.60. The monoisotopic (exact) mass is 300 g/mol. The highest BCUT2D eigenvalue weighted by Gasteiger charge is 2.45. The van der Waals surface area contributed by atoms with Gasteiger partial charge in [0.05, 0.1) is 12.0 Å². The molecule has 3 heterocycles. The second kappa shape index (κ2) is 4.77. The number of aliphatic hydroxyl groups is 2. The number of aromatic nitrogens is 3. The lowest BCUT2D eigenvalue weighted by molar-refractivity contribution is -0.0457. The number of hydrogen-bond donors (Lipinski definition) is 4. The third-order valence-electron chi connectivity index (χ3n) is 3.36. The van der Waals surface area contributed by atoms with Crippen molar-refractivity contribution < 1.29 is 19.3 Å². The van der Waals surface area contributed by atoms with Crippen LogP contribution in [-0.4, -0.2) is 49.7 Å². The molecule has 0 bridgehead atoms. The van der Waals surface area contributed by atoms with Gasteiger partial charge in [0.2, 0.25) is 0 Å². The Morgan fingerprint density at radius 3 is 3.00 bits per heavy atom. The quantitative estimate of drug-likeness (QED) is 0.593. The minimum absolute atomic E-state index is 0.107. The fraction of sp³-hybridized carbons (Fsp3) is 0.455. The van der Waals surface area contributed by atoms with Crippen LogP contribution < -0.4 is 5.73 Å². The van der Waals surface area contributed by atoms with Crippen LogP contribution in [0.25, 0.3) is 11.0 Å². The van der Waals surface area contributed by atoms with E-state index in [1.807, 2.05) is 0 Å². The smallest absolute Gasteiger partial charge is 0.200 e. The van der Waals surface area contributed by atoms with Crippen LogP contribution >= 0.6 is 12.2 Å². The van der Waals surface area contributed by atoms with E-state index in [-0.39, 0.29) is 5.95 Å². The highest BCUT2D eigenvalue weighted by molar-refractivity contribution is 7.71. The van der Waals surface area contributed by atoms with Gasteiger partial charge in [-0.25, -0.2) is 9.37 Å². The number of H-pyrrole nitrogens is 1. The lowest BCUT2D eigenvalue weighted by Crippen LogP contribution is -2.30. The molecule has 3 rings (SSSR count). The minimum Gasteiger partial charge on any atom is -0.394 e. The van der Waals surface area contributed by atoms with Crippen molar-refractivity contribution in [2.45, 2.75) is 24.6 Å². The standard InChI is InChI=1S/C11H13FN4O3S/c12-6-7(18)5(3-17)19-10(6)16-2-1-4-8(16)14-11(13)15-9(4)20/h1-2,5-7,10,17-18H,3H2,(H3,13,14,15,20)/t5-,6+,7-,10-/m1/s1. The average molecular weight is 300 g/mol. The van der Waals surface area contributed by atoms with Gasteiger partial charge in [0.25, 0.3) is 0 Å². The Morgan fingerprint density at radius 2 is 2.35 bits per heavy atom. The van der Waals surface area contributed by atoms with E-state index < -0.39 is 31.2 Å². The summed E-state index contributed by atoms with van der Waals surface area (Å²) in [6.45, 7) is -0.461. The number of fused-ring (bicyclic) bond motifs is 1. The molecule has 4 atom stereocenters. The molecule has 0 saturated carbocycles. The summed E-state index contributed by atoms with van der Waals surface area (Å²) in [4.78, 5) is 6.70. The van der Waals surface area contributed by atoms with Gasteiger partial charge in [-0.1, -0.05) is 12.2 Å². The Hall–Kier alpha value is -1.55. The van der Waals surface area contributed by atoms with Crippen LogP contribution in [0.4, 0.5) is 10.3 Å². The maximum atomic E-state index is 14.1. The number of alkyl halides is 1. The van der Waals surface area contributed by atoms with E-state index >= 15 is 0 Å². The summed E-state index contributed by atoms with van der Waals surface area (Å²) in [7, 11) is 0. The molecule has 0 aliphatic carbocycles. The molecule has 0 aromatic carbocycles. The van der Waals surface area contributed by atoms with Gasteiger partial charge in [-0.2, -0.15) is 0 Å². The predicted octanol–water partition coefficient (Wildman–Crippen LogP) is 0.265.